The molecule has 0 saturated carbocycles. The maximum atomic E-state index is 13.5. The summed E-state index contributed by atoms with van der Waals surface area (Å²) in [5.41, 5.74) is 0.139. The Labute approximate surface area is 103 Å². The van der Waals surface area contributed by atoms with Gasteiger partial charge in [-0.05, 0) is 6.42 Å². The molecule has 0 radical (unpaired) electrons. The van der Waals surface area contributed by atoms with E-state index in [9.17, 15) is 14.3 Å². The number of hydrogen-bond donors (Lipinski definition) is 2. The van der Waals surface area contributed by atoms with E-state index in [2.05, 4.69) is 0 Å². The summed E-state index contributed by atoms with van der Waals surface area (Å²) in [4.78, 5) is 10.8. The van der Waals surface area contributed by atoms with Crippen LogP contribution in [0, 0.1) is 11.7 Å². The Morgan fingerprint density at radius 1 is 1.50 bits per heavy atom. The van der Waals surface area contributed by atoms with Gasteiger partial charge >= 0.3 is 5.97 Å². The van der Waals surface area contributed by atoms with Crippen molar-refractivity contribution in [3.05, 3.63) is 17.4 Å². The fraction of sp³-hybridized carbons (Fsp3) is 0.417. The van der Waals surface area contributed by atoms with Crippen LogP contribution < -0.4 is 9.47 Å². The molecule has 2 rings (SSSR count). The minimum absolute atomic E-state index is 0.0232. The lowest BCUT2D eigenvalue weighted by atomic mass is 9.98. The molecule has 0 aliphatic carbocycles. The van der Waals surface area contributed by atoms with Gasteiger partial charge in [-0.2, -0.15) is 0 Å². The van der Waals surface area contributed by atoms with Gasteiger partial charge in [0.1, 0.15) is 13.2 Å². The molecule has 98 valence electrons. The molecule has 18 heavy (non-hydrogen) atoms. The largest absolute Gasteiger partial charge is 0.505 e. The third kappa shape index (κ3) is 2.18. The minimum Gasteiger partial charge on any atom is -0.505 e. The molecule has 0 saturated heterocycles. The Hall–Kier alpha value is -1.98. The van der Waals surface area contributed by atoms with E-state index in [1.165, 1.54) is 6.92 Å². The lowest BCUT2D eigenvalue weighted by Crippen LogP contribution is -2.19. The summed E-state index contributed by atoms with van der Waals surface area (Å²) in [6, 6.07) is 1.04. The van der Waals surface area contributed by atoms with Gasteiger partial charge < -0.3 is 19.7 Å². The quantitative estimate of drug-likeness (QED) is 0.858. The number of rotatable bonds is 3. The summed E-state index contributed by atoms with van der Waals surface area (Å²) in [6.07, 6.45) is -0.0232. The maximum Gasteiger partial charge on any atom is 0.306 e. The van der Waals surface area contributed by atoms with Crippen molar-refractivity contribution in [3.8, 4) is 17.2 Å². The molecule has 1 aliphatic heterocycles. The molecule has 1 heterocycles. The molecule has 0 aromatic heterocycles. The number of fused-ring (bicyclic) bond motifs is 1. The Morgan fingerprint density at radius 2 is 2.17 bits per heavy atom. The summed E-state index contributed by atoms with van der Waals surface area (Å²) in [7, 11) is 0. The average molecular weight is 256 g/mol. The number of phenolic OH excluding ortho intramolecular Hbond substituents is 1. The number of carboxylic acid groups (broad SMARTS) is 1. The van der Waals surface area contributed by atoms with Crippen LogP contribution in [0.3, 0.4) is 0 Å². The monoisotopic (exact) mass is 256 g/mol. The van der Waals surface area contributed by atoms with Crippen LogP contribution >= 0.6 is 0 Å². The Morgan fingerprint density at radius 3 is 2.83 bits per heavy atom. The molecule has 1 aliphatic rings. The third-order valence-corrected chi connectivity index (χ3v) is 2.79. The molecule has 0 amide bonds. The van der Waals surface area contributed by atoms with Gasteiger partial charge in [0.25, 0.3) is 0 Å². The van der Waals surface area contributed by atoms with E-state index in [0.717, 1.165) is 6.07 Å². The van der Waals surface area contributed by atoms with E-state index in [-0.39, 0.29) is 30.1 Å². The van der Waals surface area contributed by atoms with Gasteiger partial charge in [0.2, 0.25) is 0 Å². The predicted octanol–water partition coefficient (Wildman–Crippen LogP) is 1.57. The molecule has 0 spiro atoms. The summed E-state index contributed by atoms with van der Waals surface area (Å²) < 4.78 is 24.0. The highest BCUT2D eigenvalue weighted by atomic mass is 19.1. The molecular formula is C12H13FO5. The van der Waals surface area contributed by atoms with E-state index in [0.29, 0.717) is 6.61 Å². The lowest BCUT2D eigenvalue weighted by molar-refractivity contribution is -0.141. The van der Waals surface area contributed by atoms with Crippen molar-refractivity contribution < 1.29 is 28.9 Å². The molecule has 0 bridgehead atoms. The maximum absolute atomic E-state index is 13.5. The van der Waals surface area contributed by atoms with Crippen molar-refractivity contribution in [1.29, 1.82) is 0 Å². The zero-order chi connectivity index (χ0) is 13.3. The molecule has 0 fully saturated rings. The molecule has 1 atom stereocenters. The summed E-state index contributed by atoms with van der Waals surface area (Å²) >= 11 is 0. The zero-order valence-electron chi connectivity index (χ0n) is 9.77. The van der Waals surface area contributed by atoms with E-state index < -0.39 is 23.5 Å². The normalized spacial score (nSPS) is 15.2. The fourth-order valence-corrected chi connectivity index (χ4v) is 1.79. The number of halogens is 1. The van der Waals surface area contributed by atoms with Gasteiger partial charge in [-0.1, -0.05) is 6.92 Å². The number of carboxylic acids is 1. The summed E-state index contributed by atoms with van der Waals surface area (Å²) in [6.45, 7) is 2.06. The molecule has 1 unspecified atom stereocenters. The van der Waals surface area contributed by atoms with Crippen molar-refractivity contribution in [2.24, 2.45) is 5.92 Å². The molecular weight excluding hydrogens is 243 g/mol. The van der Waals surface area contributed by atoms with Crippen molar-refractivity contribution in [2.75, 3.05) is 13.2 Å². The number of benzene rings is 1. The van der Waals surface area contributed by atoms with Gasteiger partial charge in [-0.25, -0.2) is 4.39 Å². The standard InChI is InChI=1S/C12H13FO5/c1-6(12(15)16)4-7-10(14)8(13)5-9-11(7)18-3-2-17-9/h5-6,14H,2-4H2,1H3,(H,15,16). The van der Waals surface area contributed by atoms with Crippen LogP contribution in [-0.2, 0) is 11.2 Å². The second-order valence-corrected chi connectivity index (χ2v) is 4.15. The smallest absolute Gasteiger partial charge is 0.306 e. The second-order valence-electron chi connectivity index (χ2n) is 4.15. The number of ether oxygens (including phenoxy) is 2. The molecule has 5 nitrogen and oxygen atoms in total. The van der Waals surface area contributed by atoms with Crippen LogP contribution in [0.25, 0.3) is 0 Å². The predicted molar refractivity (Wildman–Crippen MR) is 59.6 cm³/mol. The first-order valence-electron chi connectivity index (χ1n) is 5.53. The highest BCUT2D eigenvalue weighted by molar-refractivity contribution is 5.70. The van der Waals surface area contributed by atoms with Gasteiger partial charge in [0, 0.05) is 11.6 Å². The molecule has 1 aromatic carbocycles. The van der Waals surface area contributed by atoms with Crippen LogP contribution in [0.5, 0.6) is 17.2 Å². The van der Waals surface area contributed by atoms with Crippen molar-refractivity contribution in [3.63, 3.8) is 0 Å². The molecule has 1 aromatic rings. The number of aliphatic carboxylic acids is 1. The zero-order valence-corrected chi connectivity index (χ0v) is 9.77. The van der Waals surface area contributed by atoms with Crippen LogP contribution in [0.15, 0.2) is 6.07 Å². The van der Waals surface area contributed by atoms with E-state index in [4.69, 9.17) is 14.6 Å². The third-order valence-electron chi connectivity index (χ3n) is 2.79. The Balaban J connectivity index is 2.43. The van der Waals surface area contributed by atoms with E-state index in [1.807, 2.05) is 0 Å². The van der Waals surface area contributed by atoms with Gasteiger partial charge in [-0.15, -0.1) is 0 Å². The first-order valence-corrected chi connectivity index (χ1v) is 5.53. The average Bonchev–Trinajstić information content (AvgIpc) is 2.34. The number of carbonyl (C=O) groups is 1. The highest BCUT2D eigenvalue weighted by Gasteiger charge is 2.25. The Bertz CT molecular complexity index is 486. The molecule has 6 heteroatoms. The number of phenols is 1. The minimum atomic E-state index is -1.02. The summed E-state index contributed by atoms with van der Waals surface area (Å²) in [5, 5.41) is 18.5. The van der Waals surface area contributed by atoms with Crippen LogP contribution in [-0.4, -0.2) is 29.4 Å². The second kappa shape index (κ2) is 4.72. The van der Waals surface area contributed by atoms with Crippen molar-refractivity contribution in [2.45, 2.75) is 13.3 Å². The first kappa shape index (κ1) is 12.5. The number of hydrogen-bond acceptors (Lipinski definition) is 4. The lowest BCUT2D eigenvalue weighted by Gasteiger charge is -2.22. The number of aromatic hydroxyl groups is 1. The molecule has 2 N–H and O–H groups in total. The van der Waals surface area contributed by atoms with E-state index >= 15 is 0 Å². The van der Waals surface area contributed by atoms with Crippen LogP contribution in [0.1, 0.15) is 12.5 Å². The Kier molecular flexibility index (Phi) is 3.27. The van der Waals surface area contributed by atoms with Gasteiger partial charge in [0.05, 0.1) is 5.92 Å². The van der Waals surface area contributed by atoms with Crippen molar-refractivity contribution in [1.82, 2.24) is 0 Å². The van der Waals surface area contributed by atoms with Crippen LogP contribution in [0.2, 0.25) is 0 Å². The van der Waals surface area contributed by atoms with Gasteiger partial charge in [0.15, 0.2) is 23.1 Å². The highest BCUT2D eigenvalue weighted by Crippen LogP contribution is 2.41. The first-order chi connectivity index (χ1) is 8.50. The van der Waals surface area contributed by atoms with Crippen LogP contribution in [0.4, 0.5) is 4.39 Å². The van der Waals surface area contributed by atoms with E-state index in [1.54, 1.807) is 0 Å². The SMILES string of the molecule is CC(Cc1c(O)c(F)cc2c1OCCO2)C(=O)O. The topological polar surface area (TPSA) is 76.0 Å². The fourth-order valence-electron chi connectivity index (χ4n) is 1.79. The van der Waals surface area contributed by atoms with Crippen molar-refractivity contribution >= 4 is 5.97 Å². The van der Waals surface area contributed by atoms with Gasteiger partial charge in [-0.3, -0.25) is 4.79 Å². The summed E-state index contributed by atoms with van der Waals surface area (Å²) in [5.74, 6) is -2.77.